The third-order valence-electron chi connectivity index (χ3n) is 3.23. The highest BCUT2D eigenvalue weighted by atomic mass is 19.3. The number of para-hydroxylation sites is 1. The zero-order valence-corrected chi connectivity index (χ0v) is 13.3. The number of halogens is 4. The topological polar surface area (TPSA) is 80.3 Å². The molecule has 0 aliphatic carbocycles. The molecule has 1 aromatic heterocycles. The molecule has 0 saturated heterocycles. The first-order valence-electron chi connectivity index (χ1n) is 7.48. The first-order valence-corrected chi connectivity index (χ1v) is 7.48. The minimum Gasteiger partial charge on any atom is -0.374 e. The largest absolute Gasteiger partial charge is 0.374 e. The fourth-order valence-electron chi connectivity index (χ4n) is 1.88. The molecule has 26 heavy (non-hydrogen) atoms. The van der Waals surface area contributed by atoms with Gasteiger partial charge >= 0.3 is 12.3 Å². The van der Waals surface area contributed by atoms with Gasteiger partial charge in [-0.3, -0.25) is 20.4 Å². The molecule has 0 spiro atoms. The molecule has 140 valence electrons. The number of nitrogens with one attached hydrogen (secondary N) is 2. The highest BCUT2D eigenvalue weighted by Crippen LogP contribution is 2.22. The minimum atomic E-state index is -4.27. The van der Waals surface area contributed by atoms with Gasteiger partial charge in [0.1, 0.15) is 12.3 Å². The van der Waals surface area contributed by atoms with Crippen molar-refractivity contribution in [2.24, 2.45) is 0 Å². The van der Waals surface area contributed by atoms with Gasteiger partial charge in [-0.25, -0.2) is 13.8 Å². The van der Waals surface area contributed by atoms with Gasteiger partial charge in [-0.2, -0.15) is 8.78 Å². The van der Waals surface area contributed by atoms with E-state index < -0.39 is 43.8 Å². The number of aromatic nitrogens is 1. The molecule has 6 nitrogen and oxygen atoms in total. The Morgan fingerprint density at radius 3 is 2.58 bits per heavy atom. The maximum Gasteiger partial charge on any atom is 0.330 e. The highest BCUT2D eigenvalue weighted by Gasteiger charge is 2.40. The molecule has 10 heteroatoms. The SMILES string of the molecule is O=C(CCOCC(F)(F)C(F)F)NNC(=O)c1ccc2ccccc2n1. The van der Waals surface area contributed by atoms with E-state index in [1.807, 2.05) is 12.1 Å². The van der Waals surface area contributed by atoms with Gasteiger partial charge in [-0.1, -0.05) is 24.3 Å². The van der Waals surface area contributed by atoms with Crippen LogP contribution in [0.15, 0.2) is 36.4 Å². The van der Waals surface area contributed by atoms with Crippen LogP contribution in [-0.2, 0) is 9.53 Å². The number of amides is 2. The molecule has 0 saturated carbocycles. The predicted octanol–water partition coefficient (Wildman–Crippen LogP) is 2.30. The zero-order valence-electron chi connectivity index (χ0n) is 13.3. The Kier molecular flexibility index (Phi) is 6.45. The summed E-state index contributed by atoms with van der Waals surface area (Å²) in [4.78, 5) is 27.5. The number of alkyl halides is 4. The molecule has 2 amide bonds. The second kappa shape index (κ2) is 8.56. The lowest BCUT2D eigenvalue weighted by atomic mass is 10.2. The summed E-state index contributed by atoms with van der Waals surface area (Å²) < 4.78 is 53.3. The summed E-state index contributed by atoms with van der Waals surface area (Å²) in [5, 5.41) is 0.839. The third kappa shape index (κ3) is 5.38. The summed E-state index contributed by atoms with van der Waals surface area (Å²) in [7, 11) is 0. The van der Waals surface area contributed by atoms with Gasteiger partial charge in [0.25, 0.3) is 5.91 Å². The van der Waals surface area contributed by atoms with E-state index in [0.29, 0.717) is 5.52 Å². The van der Waals surface area contributed by atoms with Crippen LogP contribution >= 0.6 is 0 Å². The Morgan fingerprint density at radius 1 is 1.12 bits per heavy atom. The van der Waals surface area contributed by atoms with Crippen molar-refractivity contribution in [1.29, 1.82) is 0 Å². The fourth-order valence-corrected chi connectivity index (χ4v) is 1.88. The lowest BCUT2D eigenvalue weighted by Crippen LogP contribution is -2.42. The predicted molar refractivity (Wildman–Crippen MR) is 83.7 cm³/mol. The van der Waals surface area contributed by atoms with Crippen LogP contribution in [0.5, 0.6) is 0 Å². The van der Waals surface area contributed by atoms with E-state index >= 15 is 0 Å². The van der Waals surface area contributed by atoms with Crippen LogP contribution in [0.25, 0.3) is 10.9 Å². The van der Waals surface area contributed by atoms with Gasteiger partial charge < -0.3 is 4.74 Å². The van der Waals surface area contributed by atoms with E-state index in [0.717, 1.165) is 5.39 Å². The fraction of sp³-hybridized carbons (Fsp3) is 0.312. The van der Waals surface area contributed by atoms with Gasteiger partial charge in [0.05, 0.1) is 18.5 Å². The Morgan fingerprint density at radius 2 is 1.85 bits per heavy atom. The summed E-state index contributed by atoms with van der Waals surface area (Å²) in [5.41, 5.74) is 4.83. The Labute approximate surface area is 145 Å². The van der Waals surface area contributed by atoms with Gasteiger partial charge in [0.2, 0.25) is 5.91 Å². The molecule has 0 atom stereocenters. The average Bonchev–Trinajstić information content (AvgIpc) is 2.62. The minimum absolute atomic E-state index is 0.0665. The van der Waals surface area contributed by atoms with E-state index in [1.165, 1.54) is 6.07 Å². The molecule has 0 aliphatic heterocycles. The lowest BCUT2D eigenvalue weighted by molar-refractivity contribution is -0.166. The summed E-state index contributed by atoms with van der Waals surface area (Å²) in [6.07, 6.45) is -4.24. The molecule has 1 aromatic carbocycles. The molecule has 0 bridgehead atoms. The molecule has 0 unspecified atom stereocenters. The molecular formula is C16H15F4N3O3. The van der Waals surface area contributed by atoms with E-state index in [1.54, 1.807) is 18.2 Å². The number of carbonyl (C=O) groups is 2. The van der Waals surface area contributed by atoms with E-state index in [-0.39, 0.29) is 5.69 Å². The van der Waals surface area contributed by atoms with E-state index in [2.05, 4.69) is 20.6 Å². The van der Waals surface area contributed by atoms with Crippen molar-refractivity contribution in [3.63, 3.8) is 0 Å². The standard InChI is InChI=1S/C16H15F4N3O3/c17-15(18)16(19,20)9-26-8-7-13(24)22-23-14(25)12-6-5-10-3-1-2-4-11(10)21-12/h1-6,15H,7-9H2,(H,22,24)(H,23,25). The van der Waals surface area contributed by atoms with E-state index in [9.17, 15) is 27.2 Å². The summed E-state index contributed by atoms with van der Waals surface area (Å²) in [6, 6.07) is 10.3. The summed E-state index contributed by atoms with van der Waals surface area (Å²) in [6.45, 7) is -2.00. The third-order valence-corrected chi connectivity index (χ3v) is 3.23. The number of fused-ring (bicyclic) bond motifs is 1. The number of nitrogens with zero attached hydrogens (tertiary/aromatic N) is 1. The summed E-state index contributed by atoms with van der Waals surface area (Å²) in [5.74, 6) is -5.68. The van der Waals surface area contributed by atoms with Gasteiger partial charge in [-0.05, 0) is 12.1 Å². The second-order valence-electron chi connectivity index (χ2n) is 5.26. The van der Waals surface area contributed by atoms with Crippen LogP contribution < -0.4 is 10.9 Å². The smallest absolute Gasteiger partial charge is 0.330 e. The quantitative estimate of drug-likeness (QED) is 0.443. The highest BCUT2D eigenvalue weighted by molar-refractivity contribution is 5.95. The van der Waals surface area contributed by atoms with Crippen molar-refractivity contribution in [3.05, 3.63) is 42.1 Å². The number of hydrogen-bond acceptors (Lipinski definition) is 4. The first-order chi connectivity index (χ1) is 12.3. The van der Waals surface area contributed by atoms with Crippen molar-refractivity contribution in [3.8, 4) is 0 Å². The van der Waals surface area contributed by atoms with Gasteiger partial charge in [0.15, 0.2) is 0 Å². The molecule has 2 N–H and O–H groups in total. The van der Waals surface area contributed by atoms with Gasteiger partial charge in [0, 0.05) is 5.39 Å². The maximum atomic E-state index is 12.6. The van der Waals surface area contributed by atoms with Crippen LogP contribution in [0.1, 0.15) is 16.9 Å². The first kappa shape index (κ1) is 19.6. The van der Waals surface area contributed by atoms with Crippen molar-refractivity contribution in [2.45, 2.75) is 18.8 Å². The number of hydrazine groups is 1. The van der Waals surface area contributed by atoms with E-state index in [4.69, 9.17) is 0 Å². The van der Waals surface area contributed by atoms with Crippen LogP contribution in [-0.4, -0.2) is 42.4 Å². The summed E-state index contributed by atoms with van der Waals surface area (Å²) >= 11 is 0. The molecule has 2 aromatic rings. The zero-order chi connectivity index (χ0) is 19.2. The van der Waals surface area contributed by atoms with Crippen molar-refractivity contribution in [1.82, 2.24) is 15.8 Å². The number of rotatable bonds is 7. The normalized spacial score (nSPS) is 11.6. The van der Waals surface area contributed by atoms with Gasteiger partial charge in [-0.15, -0.1) is 0 Å². The van der Waals surface area contributed by atoms with Crippen molar-refractivity contribution >= 4 is 22.7 Å². The molecular weight excluding hydrogens is 358 g/mol. The van der Waals surface area contributed by atoms with Crippen molar-refractivity contribution < 1.29 is 31.9 Å². The monoisotopic (exact) mass is 373 g/mol. The number of benzene rings is 1. The number of pyridine rings is 1. The van der Waals surface area contributed by atoms with Crippen LogP contribution in [0.4, 0.5) is 17.6 Å². The molecule has 0 radical (unpaired) electrons. The molecule has 2 rings (SSSR count). The molecule has 1 heterocycles. The molecule has 0 aliphatic rings. The maximum absolute atomic E-state index is 12.6. The Bertz CT molecular complexity index is 786. The molecule has 0 fully saturated rings. The van der Waals surface area contributed by atoms with Crippen LogP contribution in [0.3, 0.4) is 0 Å². The number of carbonyl (C=O) groups excluding carboxylic acids is 2. The lowest BCUT2D eigenvalue weighted by Gasteiger charge is -2.15. The second-order valence-corrected chi connectivity index (χ2v) is 5.26. The van der Waals surface area contributed by atoms with Crippen molar-refractivity contribution in [2.75, 3.05) is 13.2 Å². The van der Waals surface area contributed by atoms with Crippen LogP contribution in [0.2, 0.25) is 0 Å². The Balaban J connectivity index is 1.75. The Hall–Kier alpha value is -2.75. The average molecular weight is 373 g/mol. The van der Waals surface area contributed by atoms with Crippen LogP contribution in [0, 0.1) is 0 Å². The number of hydrogen-bond donors (Lipinski definition) is 2. The number of ether oxygens (including phenoxy) is 1.